The van der Waals surface area contributed by atoms with E-state index < -0.39 is 11.2 Å². The molecule has 9 heteroatoms. The van der Waals surface area contributed by atoms with E-state index >= 15 is 0 Å². The lowest BCUT2D eigenvalue weighted by atomic mass is 10.1. The van der Waals surface area contributed by atoms with E-state index in [1.54, 1.807) is 11.8 Å². The number of fused-ring (bicyclic) bond motifs is 1. The topological polar surface area (TPSA) is 91.1 Å². The molecule has 1 unspecified atom stereocenters. The Morgan fingerprint density at radius 1 is 1.43 bits per heavy atom. The minimum atomic E-state index is -1.02. The molecule has 1 fully saturated rings. The first-order valence-corrected chi connectivity index (χ1v) is 9.04. The summed E-state index contributed by atoms with van der Waals surface area (Å²) in [6.07, 6.45) is 0.521. The Balaban J connectivity index is 1.80. The molecule has 1 atom stereocenters. The molecule has 0 radical (unpaired) electrons. The first-order chi connectivity index (χ1) is 11.0. The van der Waals surface area contributed by atoms with Gasteiger partial charge in [-0.05, 0) is 18.2 Å². The van der Waals surface area contributed by atoms with Gasteiger partial charge >= 0.3 is 5.97 Å². The summed E-state index contributed by atoms with van der Waals surface area (Å²) in [7, 11) is 0. The first-order valence-electron chi connectivity index (χ1n) is 6.79. The molecular formula is C14H12ClN3O3S2. The fraction of sp³-hybridized carbons (Fsp3) is 0.286. The highest BCUT2D eigenvalue weighted by Gasteiger charge is 2.32. The summed E-state index contributed by atoms with van der Waals surface area (Å²) in [5.41, 5.74) is 1.76. The van der Waals surface area contributed by atoms with Crippen molar-refractivity contribution >= 4 is 57.9 Å². The maximum absolute atomic E-state index is 11.7. The van der Waals surface area contributed by atoms with Gasteiger partial charge in [0.25, 0.3) is 0 Å². The summed E-state index contributed by atoms with van der Waals surface area (Å²) >= 11 is 8.87. The van der Waals surface area contributed by atoms with Crippen LogP contribution in [0.15, 0.2) is 33.3 Å². The normalized spacial score (nSPS) is 23.9. The highest BCUT2D eigenvalue weighted by molar-refractivity contribution is 8.15. The Bertz CT molecular complexity index is 736. The minimum absolute atomic E-state index is 0.235. The van der Waals surface area contributed by atoms with Gasteiger partial charge in [-0.25, -0.2) is 0 Å². The van der Waals surface area contributed by atoms with Crippen molar-refractivity contribution in [1.82, 2.24) is 5.32 Å². The smallest absolute Gasteiger partial charge is 0.305 e. The zero-order valence-electron chi connectivity index (χ0n) is 11.8. The molecular weight excluding hydrogens is 358 g/mol. The predicted octanol–water partition coefficient (Wildman–Crippen LogP) is 2.60. The van der Waals surface area contributed by atoms with Crippen LogP contribution in [-0.2, 0) is 9.59 Å². The molecule has 0 bridgehead atoms. The SMILES string of the molecule is O=C(O)CC1SC(=NN=C2CCSc3ccc(Cl)cc32)NC1=O. The second-order valence-electron chi connectivity index (χ2n) is 4.88. The fourth-order valence-electron chi connectivity index (χ4n) is 2.20. The van der Waals surface area contributed by atoms with E-state index in [2.05, 4.69) is 15.5 Å². The van der Waals surface area contributed by atoms with E-state index in [-0.39, 0.29) is 12.3 Å². The van der Waals surface area contributed by atoms with Crippen molar-refractivity contribution in [2.75, 3.05) is 5.75 Å². The van der Waals surface area contributed by atoms with E-state index in [1.165, 1.54) is 0 Å². The number of nitrogens with one attached hydrogen (secondary N) is 1. The second-order valence-corrected chi connectivity index (χ2v) is 7.65. The van der Waals surface area contributed by atoms with E-state index in [1.807, 2.05) is 18.2 Å². The molecule has 0 saturated carbocycles. The molecule has 1 amide bonds. The molecule has 1 aromatic carbocycles. The van der Waals surface area contributed by atoms with Crippen molar-refractivity contribution in [3.8, 4) is 0 Å². The highest BCUT2D eigenvalue weighted by atomic mass is 35.5. The number of halogens is 1. The Kier molecular flexibility index (Phi) is 4.93. The highest BCUT2D eigenvalue weighted by Crippen LogP contribution is 2.32. The van der Waals surface area contributed by atoms with Crippen LogP contribution in [0.2, 0.25) is 5.02 Å². The number of benzene rings is 1. The van der Waals surface area contributed by atoms with Crippen molar-refractivity contribution in [3.05, 3.63) is 28.8 Å². The molecule has 23 heavy (non-hydrogen) atoms. The van der Waals surface area contributed by atoms with Crippen LogP contribution in [-0.4, -0.2) is 38.9 Å². The number of amidine groups is 1. The van der Waals surface area contributed by atoms with Crippen LogP contribution in [0, 0.1) is 0 Å². The number of aliphatic carboxylic acids is 1. The Labute approximate surface area is 145 Å². The van der Waals surface area contributed by atoms with Gasteiger partial charge in [-0.15, -0.1) is 16.9 Å². The van der Waals surface area contributed by atoms with Gasteiger partial charge in [0.2, 0.25) is 5.91 Å². The third kappa shape index (κ3) is 3.88. The molecule has 2 aliphatic heterocycles. The van der Waals surface area contributed by atoms with E-state index in [0.717, 1.165) is 40.1 Å². The van der Waals surface area contributed by atoms with Crippen LogP contribution in [0.25, 0.3) is 0 Å². The molecule has 1 saturated heterocycles. The monoisotopic (exact) mass is 369 g/mol. The van der Waals surface area contributed by atoms with Crippen LogP contribution >= 0.6 is 35.1 Å². The molecule has 2 N–H and O–H groups in total. The van der Waals surface area contributed by atoms with Crippen molar-refractivity contribution in [2.24, 2.45) is 10.2 Å². The average molecular weight is 370 g/mol. The zero-order chi connectivity index (χ0) is 16.4. The molecule has 120 valence electrons. The van der Waals surface area contributed by atoms with Crippen molar-refractivity contribution in [2.45, 2.75) is 23.0 Å². The number of carboxylic acid groups (broad SMARTS) is 1. The number of hydrogen-bond acceptors (Lipinski definition) is 6. The van der Waals surface area contributed by atoms with Gasteiger partial charge in [0.05, 0.1) is 12.1 Å². The molecule has 3 rings (SSSR count). The lowest BCUT2D eigenvalue weighted by molar-refractivity contribution is -0.138. The molecule has 2 aliphatic rings. The number of rotatable bonds is 3. The molecule has 0 spiro atoms. The molecule has 0 aromatic heterocycles. The maximum atomic E-state index is 11.7. The van der Waals surface area contributed by atoms with E-state index in [9.17, 15) is 9.59 Å². The van der Waals surface area contributed by atoms with Gasteiger partial charge in [0, 0.05) is 27.7 Å². The number of hydrogen-bond donors (Lipinski definition) is 2. The summed E-state index contributed by atoms with van der Waals surface area (Å²) in [5, 5.41) is 20.0. The van der Waals surface area contributed by atoms with Gasteiger partial charge in [-0.1, -0.05) is 23.4 Å². The Morgan fingerprint density at radius 3 is 3.04 bits per heavy atom. The number of carbonyl (C=O) groups is 2. The second kappa shape index (κ2) is 6.94. The van der Waals surface area contributed by atoms with Gasteiger partial charge < -0.3 is 10.4 Å². The van der Waals surface area contributed by atoms with Crippen LogP contribution < -0.4 is 5.32 Å². The average Bonchev–Trinajstić information content (AvgIpc) is 2.84. The van der Waals surface area contributed by atoms with E-state index in [4.69, 9.17) is 16.7 Å². The number of nitrogens with zero attached hydrogens (tertiary/aromatic N) is 2. The van der Waals surface area contributed by atoms with E-state index in [0.29, 0.717) is 10.2 Å². The predicted molar refractivity (Wildman–Crippen MR) is 92.5 cm³/mol. The van der Waals surface area contributed by atoms with Crippen molar-refractivity contribution < 1.29 is 14.7 Å². The van der Waals surface area contributed by atoms with Gasteiger partial charge in [0.1, 0.15) is 5.25 Å². The summed E-state index contributed by atoms with van der Waals surface area (Å²) < 4.78 is 0. The van der Waals surface area contributed by atoms with Gasteiger partial charge in [-0.3, -0.25) is 9.59 Å². The number of carboxylic acids is 1. The molecule has 0 aliphatic carbocycles. The van der Waals surface area contributed by atoms with Gasteiger partial charge in [-0.2, -0.15) is 5.10 Å². The van der Waals surface area contributed by atoms with Gasteiger partial charge in [0.15, 0.2) is 5.17 Å². The summed E-state index contributed by atoms with van der Waals surface area (Å²) in [6, 6.07) is 5.65. The lowest BCUT2D eigenvalue weighted by Crippen LogP contribution is -2.26. The lowest BCUT2D eigenvalue weighted by Gasteiger charge is -2.16. The third-order valence-electron chi connectivity index (χ3n) is 3.25. The number of thioether (sulfide) groups is 2. The fourth-order valence-corrected chi connectivity index (χ4v) is 4.29. The van der Waals surface area contributed by atoms with Crippen molar-refractivity contribution in [1.29, 1.82) is 0 Å². The summed E-state index contributed by atoms with van der Waals surface area (Å²) in [4.78, 5) is 23.5. The standard InChI is InChI=1S/C14H12ClN3O3S2/c15-7-1-2-10-8(5-7)9(3-4-22-10)17-18-14-16-13(21)11(23-14)6-12(19)20/h1-2,5,11H,3-4,6H2,(H,19,20)(H,16,18,21). The summed E-state index contributed by atoms with van der Waals surface area (Å²) in [6.45, 7) is 0. The maximum Gasteiger partial charge on any atom is 0.305 e. The Morgan fingerprint density at radius 2 is 2.26 bits per heavy atom. The van der Waals surface area contributed by atoms with Crippen LogP contribution in [0.4, 0.5) is 0 Å². The zero-order valence-corrected chi connectivity index (χ0v) is 14.2. The Hall–Kier alpha value is -1.51. The molecule has 6 nitrogen and oxygen atoms in total. The number of amides is 1. The first kappa shape index (κ1) is 16.4. The largest absolute Gasteiger partial charge is 0.481 e. The van der Waals surface area contributed by atoms with Crippen molar-refractivity contribution in [3.63, 3.8) is 0 Å². The van der Waals surface area contributed by atoms with Crippen LogP contribution in [0.5, 0.6) is 0 Å². The minimum Gasteiger partial charge on any atom is -0.481 e. The molecule has 2 heterocycles. The summed E-state index contributed by atoms with van der Waals surface area (Å²) in [5.74, 6) is -0.462. The quantitative estimate of drug-likeness (QED) is 0.799. The van der Waals surface area contributed by atoms with Crippen LogP contribution in [0.1, 0.15) is 18.4 Å². The van der Waals surface area contributed by atoms with Crippen LogP contribution in [0.3, 0.4) is 0 Å². The number of carbonyl (C=O) groups excluding carboxylic acids is 1. The molecule has 1 aromatic rings. The third-order valence-corrected chi connectivity index (χ3v) is 5.63.